The highest BCUT2D eigenvalue weighted by Crippen LogP contribution is 2.52. The van der Waals surface area contributed by atoms with Crippen LogP contribution in [0.15, 0.2) is 154 Å². The highest BCUT2D eigenvalue weighted by Gasteiger charge is 2.48. The topological polar surface area (TPSA) is 150 Å². The van der Waals surface area contributed by atoms with Crippen LogP contribution in [-0.4, -0.2) is 93.0 Å². The number of aromatic nitrogens is 2. The molecule has 0 unspecified atom stereocenters. The van der Waals surface area contributed by atoms with Crippen LogP contribution in [0.3, 0.4) is 0 Å². The first-order valence-electron chi connectivity index (χ1n) is 23.1. The lowest BCUT2D eigenvalue weighted by Gasteiger charge is -2.51. The van der Waals surface area contributed by atoms with Gasteiger partial charge in [-0.15, -0.1) is 22.7 Å². The third-order valence-corrected chi connectivity index (χ3v) is 16.2. The first-order valence-corrected chi connectivity index (χ1v) is 24.8. The fourth-order valence-corrected chi connectivity index (χ4v) is 13.2. The van der Waals surface area contributed by atoms with Crippen molar-refractivity contribution in [3.63, 3.8) is 0 Å². The maximum absolute atomic E-state index is 13.5. The Hall–Kier alpha value is -7.76. The van der Waals surface area contributed by atoms with Crippen molar-refractivity contribution in [1.82, 2.24) is 19.2 Å². The number of rotatable bonds is 2. The Kier molecular flexibility index (Phi) is 9.95. The van der Waals surface area contributed by atoms with E-state index in [2.05, 4.69) is 81.4 Å². The minimum atomic E-state index is -0.569. The number of nitrogens with zero attached hydrogens (tertiary/aromatic N) is 6. The minimum Gasteiger partial charge on any atom is -0.502 e. The number of hydrogen-bond donors (Lipinski definition) is 2. The van der Waals surface area contributed by atoms with Crippen LogP contribution in [0, 0.1) is 0 Å². The monoisotopic (exact) mass is 966 g/mol. The van der Waals surface area contributed by atoms with E-state index in [0.717, 1.165) is 44.5 Å². The van der Waals surface area contributed by atoms with Crippen LogP contribution in [0.1, 0.15) is 55.3 Å². The molecule has 0 bridgehead atoms. The van der Waals surface area contributed by atoms with E-state index in [4.69, 9.17) is 9.47 Å². The van der Waals surface area contributed by atoms with Gasteiger partial charge >= 0.3 is 0 Å². The van der Waals surface area contributed by atoms with E-state index >= 15 is 0 Å². The number of amides is 2. The van der Waals surface area contributed by atoms with Gasteiger partial charge in [-0.25, -0.2) is 0 Å². The fraction of sp³-hybridized carbons (Fsp3) is 0.185. The SMILES string of the molecule is O=C1c2c(O)c(=O)ccn2N([C@@H]2c3ccccc3-c3ccsc3-c3ccccc32)[C@@H]2COCCN12.O=C1c2c(O)c(=O)ccn2N([C@H]2c3ccccc3-c3ccsc3-c3ccccc32)[C@H]2COCCN12. The Bertz CT molecular complexity index is 3220. The maximum Gasteiger partial charge on any atom is 0.278 e. The van der Waals surface area contributed by atoms with Gasteiger partial charge in [0.15, 0.2) is 22.9 Å². The number of benzene rings is 4. The van der Waals surface area contributed by atoms with Crippen molar-refractivity contribution in [2.75, 3.05) is 49.5 Å². The maximum atomic E-state index is 13.5. The van der Waals surface area contributed by atoms with Gasteiger partial charge in [0.2, 0.25) is 10.9 Å². The van der Waals surface area contributed by atoms with E-state index in [0.29, 0.717) is 39.5 Å². The standard InChI is InChI=1S/2C27H21N3O4S/c2*31-21-9-11-29-24(25(21)32)27(33)28-12-13-34-15-22(28)30(29)23-17-6-2-1-5-16(17)20-10-14-35-26(20)19-8-4-3-7-18(19)23/h2*1-11,14,22-23,32H,12-13,15H2/t2*22-,23-/m10/s1. The molecular weight excluding hydrogens is 925 g/mol. The molecule has 348 valence electrons. The van der Waals surface area contributed by atoms with Crippen molar-refractivity contribution < 1.29 is 29.3 Å². The summed E-state index contributed by atoms with van der Waals surface area (Å²) in [4.78, 5) is 57.5. The highest BCUT2D eigenvalue weighted by molar-refractivity contribution is 7.14. The third kappa shape index (κ3) is 6.23. The molecule has 2 fully saturated rings. The molecule has 4 aromatic heterocycles. The van der Waals surface area contributed by atoms with Crippen molar-refractivity contribution in [3.05, 3.63) is 199 Å². The lowest BCUT2D eigenvalue weighted by Crippen LogP contribution is -2.66. The minimum absolute atomic E-state index is 0.00960. The van der Waals surface area contributed by atoms with Crippen molar-refractivity contribution in [2.45, 2.75) is 24.4 Å². The van der Waals surface area contributed by atoms with Crippen LogP contribution in [0.5, 0.6) is 11.5 Å². The lowest BCUT2D eigenvalue weighted by atomic mass is 9.92. The van der Waals surface area contributed by atoms with Gasteiger partial charge in [-0.2, -0.15) is 0 Å². The predicted molar refractivity (Wildman–Crippen MR) is 267 cm³/mol. The Morgan fingerprint density at radius 2 is 0.829 bits per heavy atom. The summed E-state index contributed by atoms with van der Waals surface area (Å²) in [5.74, 6) is -1.78. The van der Waals surface area contributed by atoms with Crippen molar-refractivity contribution in [1.29, 1.82) is 0 Å². The van der Waals surface area contributed by atoms with Crippen LogP contribution in [0.25, 0.3) is 43.1 Å². The Morgan fingerprint density at radius 3 is 1.24 bits per heavy atom. The molecule has 4 atom stereocenters. The molecule has 70 heavy (non-hydrogen) atoms. The predicted octanol–water partition coefficient (Wildman–Crippen LogP) is 7.61. The number of thiophene rings is 2. The van der Waals surface area contributed by atoms with Gasteiger partial charge in [0, 0.05) is 58.5 Å². The van der Waals surface area contributed by atoms with Crippen LogP contribution in [0.4, 0.5) is 0 Å². The van der Waals surface area contributed by atoms with Gasteiger partial charge in [0.05, 0.1) is 38.5 Å². The summed E-state index contributed by atoms with van der Waals surface area (Å²) in [5.41, 5.74) is 10.0. The van der Waals surface area contributed by atoms with Crippen molar-refractivity contribution >= 4 is 34.5 Å². The third-order valence-electron chi connectivity index (χ3n) is 14.3. The quantitative estimate of drug-likeness (QED) is 0.177. The number of morpholine rings is 2. The summed E-state index contributed by atoms with van der Waals surface area (Å²) in [6, 6.07) is 39.6. The van der Waals surface area contributed by atoms with Crippen LogP contribution < -0.4 is 20.9 Å². The number of fused-ring (bicyclic) bond motifs is 14. The first kappa shape index (κ1) is 42.4. The van der Waals surface area contributed by atoms with Gasteiger partial charge in [-0.1, -0.05) is 97.1 Å². The Labute approximate surface area is 408 Å². The average Bonchev–Trinajstić information content (AvgIpc) is 4.06. The number of carbonyl (C=O) groups excluding carboxylic acids is 2. The second kappa shape index (κ2) is 16.4. The molecule has 0 saturated carbocycles. The van der Waals surface area contributed by atoms with E-state index in [1.54, 1.807) is 54.2 Å². The molecular formula is C54H42N6O8S2. The molecule has 8 aromatic rings. The first-order chi connectivity index (χ1) is 34.3. The summed E-state index contributed by atoms with van der Waals surface area (Å²) in [6.07, 6.45) is 2.36. The van der Waals surface area contributed by atoms with Crippen LogP contribution in [-0.2, 0) is 9.47 Å². The van der Waals surface area contributed by atoms with Gasteiger partial charge in [-0.3, -0.25) is 38.5 Å². The van der Waals surface area contributed by atoms with Crippen molar-refractivity contribution in [3.8, 4) is 54.6 Å². The summed E-state index contributed by atoms with van der Waals surface area (Å²) >= 11 is 3.42. The zero-order valence-corrected chi connectivity index (χ0v) is 38.9. The van der Waals surface area contributed by atoms with Crippen LogP contribution in [0.2, 0.25) is 0 Å². The second-order valence-electron chi connectivity index (χ2n) is 17.8. The van der Waals surface area contributed by atoms with E-state index in [1.165, 1.54) is 33.0 Å². The number of hydrogen-bond acceptors (Lipinski definition) is 12. The molecule has 0 spiro atoms. The summed E-state index contributed by atoms with van der Waals surface area (Å²) in [5, 5.41) is 29.9. The molecule has 16 heteroatoms. The lowest BCUT2D eigenvalue weighted by molar-refractivity contribution is -0.0197. The average molecular weight is 967 g/mol. The van der Waals surface area contributed by atoms with E-state index < -0.39 is 34.7 Å². The van der Waals surface area contributed by atoms with E-state index in [9.17, 15) is 29.4 Å². The largest absolute Gasteiger partial charge is 0.502 e. The van der Waals surface area contributed by atoms with Crippen LogP contribution >= 0.6 is 22.7 Å². The Balaban J connectivity index is 0.000000137. The molecule has 2 N–H and O–H groups in total. The molecule has 0 radical (unpaired) electrons. The number of aromatic hydroxyl groups is 2. The number of pyridine rings is 2. The van der Waals surface area contributed by atoms with Gasteiger partial charge in [-0.05, 0) is 67.4 Å². The van der Waals surface area contributed by atoms with Gasteiger partial charge < -0.3 is 29.5 Å². The summed E-state index contributed by atoms with van der Waals surface area (Å²) in [6.45, 7) is 2.21. The number of ether oxygens (including phenoxy) is 2. The van der Waals surface area contributed by atoms with E-state index in [1.807, 2.05) is 48.5 Å². The van der Waals surface area contributed by atoms with Gasteiger partial charge in [0.25, 0.3) is 11.8 Å². The smallest absolute Gasteiger partial charge is 0.278 e. The fourth-order valence-electron chi connectivity index (χ4n) is 11.3. The molecule has 4 aliphatic heterocycles. The number of carbonyl (C=O) groups is 2. The molecule has 4 aromatic carbocycles. The molecule has 2 saturated heterocycles. The zero-order chi connectivity index (χ0) is 47.4. The van der Waals surface area contributed by atoms with Crippen molar-refractivity contribution in [2.24, 2.45) is 0 Å². The normalized spacial score (nSPS) is 20.3. The Morgan fingerprint density at radius 1 is 0.457 bits per heavy atom. The highest BCUT2D eigenvalue weighted by atomic mass is 32.1. The molecule has 2 amide bonds. The molecule has 8 heterocycles. The molecule has 14 rings (SSSR count). The zero-order valence-electron chi connectivity index (χ0n) is 37.3. The molecule has 2 aliphatic carbocycles. The van der Waals surface area contributed by atoms with E-state index in [-0.39, 0.29) is 35.3 Å². The molecule has 6 aliphatic rings. The second-order valence-corrected chi connectivity index (χ2v) is 19.6. The molecule has 14 nitrogen and oxygen atoms in total. The summed E-state index contributed by atoms with van der Waals surface area (Å²) in [7, 11) is 0. The van der Waals surface area contributed by atoms with Gasteiger partial charge in [0.1, 0.15) is 12.3 Å². The summed E-state index contributed by atoms with van der Waals surface area (Å²) < 4.78 is 15.0.